The van der Waals surface area contributed by atoms with Gasteiger partial charge in [0.1, 0.15) is 0 Å². The van der Waals surface area contributed by atoms with E-state index in [0.717, 1.165) is 5.56 Å². The fraction of sp³-hybridized carbons (Fsp3) is 0.267. The second kappa shape index (κ2) is 5.84. The van der Waals surface area contributed by atoms with Crippen LogP contribution in [0.2, 0.25) is 0 Å². The zero-order chi connectivity index (χ0) is 16.6. The molecule has 1 aromatic carbocycles. The van der Waals surface area contributed by atoms with Crippen LogP contribution in [-0.4, -0.2) is 21.7 Å². The molecule has 0 fully saturated rings. The summed E-state index contributed by atoms with van der Waals surface area (Å²) >= 11 is 0.622. The highest BCUT2D eigenvalue weighted by Gasteiger charge is 2.38. The van der Waals surface area contributed by atoms with E-state index in [0.29, 0.717) is 23.7 Å². The topological polar surface area (TPSA) is 65.9 Å². The van der Waals surface area contributed by atoms with Gasteiger partial charge in [-0.15, -0.1) is 0 Å². The maximum atomic E-state index is 13.3. The van der Waals surface area contributed by atoms with Crippen molar-refractivity contribution in [2.24, 2.45) is 0 Å². The van der Waals surface area contributed by atoms with E-state index in [-0.39, 0.29) is 22.8 Å². The summed E-state index contributed by atoms with van der Waals surface area (Å²) in [6, 6.07) is 7.12. The Morgan fingerprint density at radius 3 is 2.65 bits per heavy atom. The number of rotatable bonds is 3. The second-order valence-corrected chi connectivity index (χ2v) is 5.94. The Morgan fingerprint density at radius 1 is 1.22 bits per heavy atom. The van der Waals surface area contributed by atoms with Crippen molar-refractivity contribution in [1.82, 2.24) is 9.97 Å². The number of carbonyl (C=O) groups is 1. The van der Waals surface area contributed by atoms with Gasteiger partial charge in [0.2, 0.25) is 0 Å². The van der Waals surface area contributed by atoms with E-state index in [4.69, 9.17) is 0 Å². The summed E-state index contributed by atoms with van der Waals surface area (Å²) in [5, 5.41) is 10.3. The van der Waals surface area contributed by atoms with Crippen molar-refractivity contribution in [1.29, 1.82) is 0 Å². The number of aliphatic carboxylic acids is 1. The molecule has 8 heteroatoms. The molecule has 0 radical (unpaired) electrons. The monoisotopic (exact) mass is 339 g/mol. The number of aryl methyl sites for hydroxylation is 1. The lowest BCUT2D eigenvalue weighted by Gasteiger charge is -2.22. The first-order valence-corrected chi connectivity index (χ1v) is 7.74. The van der Waals surface area contributed by atoms with Crippen molar-refractivity contribution < 1.29 is 23.1 Å². The Bertz CT molecular complexity index is 778. The lowest BCUT2D eigenvalue weighted by Crippen LogP contribution is -2.25. The summed E-state index contributed by atoms with van der Waals surface area (Å²) < 4.78 is 39.9. The van der Waals surface area contributed by atoms with Gasteiger partial charge in [0, 0.05) is 16.9 Å². The van der Waals surface area contributed by atoms with Crippen LogP contribution in [0.15, 0.2) is 29.4 Å². The van der Waals surface area contributed by atoms with Gasteiger partial charge in [-0.05, 0) is 18.4 Å². The molecule has 0 spiro atoms. The zero-order valence-electron chi connectivity index (χ0n) is 11.7. The highest BCUT2D eigenvalue weighted by atomic mass is 32.2. The van der Waals surface area contributed by atoms with E-state index in [9.17, 15) is 23.1 Å². The van der Waals surface area contributed by atoms with Gasteiger partial charge in [0.15, 0.2) is 10.9 Å². The van der Waals surface area contributed by atoms with Crippen LogP contribution in [0.3, 0.4) is 0 Å². The SMILES string of the molecule is O=C([O-])CSc1nc2c(c(C(F)(F)F)n1)CCc1ccccc1-2. The second-order valence-electron chi connectivity index (χ2n) is 5.00. The lowest BCUT2D eigenvalue weighted by atomic mass is 9.88. The molecular weight excluding hydrogens is 329 g/mol. The number of carboxylic acids is 1. The van der Waals surface area contributed by atoms with Crippen LogP contribution < -0.4 is 5.11 Å². The molecule has 1 aliphatic rings. The Labute approximate surface area is 133 Å². The van der Waals surface area contributed by atoms with Crippen LogP contribution in [0.25, 0.3) is 11.3 Å². The number of hydrogen-bond acceptors (Lipinski definition) is 5. The highest BCUT2D eigenvalue weighted by molar-refractivity contribution is 7.99. The molecule has 0 saturated carbocycles. The minimum Gasteiger partial charge on any atom is -0.549 e. The van der Waals surface area contributed by atoms with E-state index in [2.05, 4.69) is 9.97 Å². The normalized spacial score (nSPS) is 13.3. The number of halogens is 3. The maximum Gasteiger partial charge on any atom is 0.433 e. The molecule has 0 atom stereocenters. The Kier molecular flexibility index (Phi) is 4.01. The molecule has 120 valence electrons. The minimum absolute atomic E-state index is 0.0639. The van der Waals surface area contributed by atoms with Gasteiger partial charge in [0.05, 0.1) is 11.7 Å². The number of carboxylic acid groups (broad SMARTS) is 1. The van der Waals surface area contributed by atoms with E-state index >= 15 is 0 Å². The van der Waals surface area contributed by atoms with Crippen molar-refractivity contribution in [3.05, 3.63) is 41.1 Å². The van der Waals surface area contributed by atoms with Crippen LogP contribution in [0.4, 0.5) is 13.2 Å². The molecule has 0 aliphatic heterocycles. The third kappa shape index (κ3) is 3.17. The fourth-order valence-electron chi connectivity index (χ4n) is 2.57. The van der Waals surface area contributed by atoms with Crippen LogP contribution in [-0.2, 0) is 23.8 Å². The van der Waals surface area contributed by atoms with Gasteiger partial charge in [0.25, 0.3) is 0 Å². The molecule has 1 aromatic heterocycles. The summed E-state index contributed by atoms with van der Waals surface area (Å²) in [6.45, 7) is 0. The molecule has 1 heterocycles. The molecule has 0 N–H and O–H groups in total. The number of aromatic nitrogens is 2. The lowest BCUT2D eigenvalue weighted by molar-refractivity contribution is -0.301. The van der Waals surface area contributed by atoms with Gasteiger partial charge >= 0.3 is 6.18 Å². The first kappa shape index (κ1) is 15.8. The van der Waals surface area contributed by atoms with Gasteiger partial charge in [-0.3, -0.25) is 0 Å². The average molecular weight is 339 g/mol. The molecular formula is C15H10F3N2O2S-. The number of thioether (sulfide) groups is 1. The molecule has 1 aliphatic carbocycles. The van der Waals surface area contributed by atoms with Crippen LogP contribution >= 0.6 is 11.8 Å². The number of hydrogen-bond donors (Lipinski definition) is 0. The molecule has 23 heavy (non-hydrogen) atoms. The van der Waals surface area contributed by atoms with Gasteiger partial charge in [-0.2, -0.15) is 13.2 Å². The van der Waals surface area contributed by atoms with Crippen LogP contribution in [0, 0.1) is 0 Å². The molecule has 0 bridgehead atoms. The van der Waals surface area contributed by atoms with Gasteiger partial charge in [-0.1, -0.05) is 36.0 Å². The number of alkyl halides is 3. The van der Waals surface area contributed by atoms with Crippen molar-refractivity contribution in [3.63, 3.8) is 0 Å². The number of carbonyl (C=O) groups excluding carboxylic acids is 1. The third-order valence-corrected chi connectivity index (χ3v) is 4.31. The third-order valence-electron chi connectivity index (χ3n) is 3.49. The van der Waals surface area contributed by atoms with E-state index in [1.807, 2.05) is 12.1 Å². The molecule has 0 amide bonds. The summed E-state index contributed by atoms with van der Waals surface area (Å²) in [7, 11) is 0. The van der Waals surface area contributed by atoms with E-state index < -0.39 is 23.6 Å². The van der Waals surface area contributed by atoms with E-state index in [1.54, 1.807) is 12.1 Å². The van der Waals surface area contributed by atoms with Crippen LogP contribution in [0.5, 0.6) is 0 Å². The summed E-state index contributed by atoms with van der Waals surface area (Å²) in [5.41, 5.74) is 0.862. The summed E-state index contributed by atoms with van der Waals surface area (Å²) in [4.78, 5) is 18.2. The predicted molar refractivity (Wildman–Crippen MR) is 75.6 cm³/mol. The average Bonchev–Trinajstić information content (AvgIpc) is 2.51. The Hall–Kier alpha value is -2.09. The van der Waals surface area contributed by atoms with E-state index in [1.165, 1.54) is 0 Å². The molecule has 0 unspecified atom stereocenters. The molecule has 2 aromatic rings. The highest BCUT2D eigenvalue weighted by Crippen LogP contribution is 2.40. The largest absolute Gasteiger partial charge is 0.549 e. The van der Waals surface area contributed by atoms with Crippen molar-refractivity contribution in [3.8, 4) is 11.3 Å². The van der Waals surface area contributed by atoms with Gasteiger partial charge in [-0.25, -0.2) is 9.97 Å². The number of benzene rings is 1. The quantitative estimate of drug-likeness (QED) is 0.633. The standard InChI is InChI=1S/C15H11F3N2O2S/c16-15(17,18)13-10-6-5-8-3-1-2-4-9(8)12(10)19-14(20-13)23-7-11(21)22/h1-4H,5-7H2,(H,21,22)/p-1. The Balaban J connectivity index is 2.16. The molecule has 4 nitrogen and oxygen atoms in total. The molecule has 3 rings (SSSR count). The Morgan fingerprint density at radius 2 is 1.96 bits per heavy atom. The minimum atomic E-state index is -4.61. The molecule has 0 saturated heterocycles. The summed E-state index contributed by atoms with van der Waals surface area (Å²) in [5.74, 6) is -1.89. The number of nitrogens with zero attached hydrogens (tertiary/aromatic N) is 2. The first-order chi connectivity index (χ1) is 10.9. The smallest absolute Gasteiger partial charge is 0.433 e. The zero-order valence-corrected chi connectivity index (χ0v) is 12.5. The summed E-state index contributed by atoms with van der Waals surface area (Å²) in [6.07, 6.45) is -3.93. The van der Waals surface area contributed by atoms with Crippen molar-refractivity contribution >= 4 is 17.7 Å². The first-order valence-electron chi connectivity index (χ1n) is 6.75. The van der Waals surface area contributed by atoms with Crippen LogP contribution in [0.1, 0.15) is 16.8 Å². The number of fused-ring (bicyclic) bond motifs is 3. The van der Waals surface area contributed by atoms with Crippen molar-refractivity contribution in [2.45, 2.75) is 24.2 Å². The fourth-order valence-corrected chi connectivity index (χ4v) is 3.13. The predicted octanol–water partition coefficient (Wildman–Crippen LogP) is 2.10. The maximum absolute atomic E-state index is 13.3. The van der Waals surface area contributed by atoms with Gasteiger partial charge < -0.3 is 9.90 Å². The van der Waals surface area contributed by atoms with Crippen molar-refractivity contribution in [2.75, 3.05) is 5.75 Å².